The molecule has 0 bridgehead atoms. The molecule has 0 unspecified atom stereocenters. The highest BCUT2D eigenvalue weighted by atomic mass is 32.2. The maximum absolute atomic E-state index is 12.5. The van der Waals surface area contributed by atoms with Crippen LogP contribution in [0.2, 0.25) is 0 Å². The van der Waals surface area contributed by atoms with Crippen LogP contribution in [0.25, 0.3) is 0 Å². The third-order valence-electron chi connectivity index (χ3n) is 4.32. The highest BCUT2D eigenvalue weighted by Crippen LogP contribution is 2.18. The Labute approximate surface area is 131 Å². The molecule has 0 spiro atoms. The van der Waals surface area contributed by atoms with Gasteiger partial charge < -0.3 is 4.98 Å². The van der Waals surface area contributed by atoms with Gasteiger partial charge >= 0.3 is 0 Å². The maximum atomic E-state index is 12.5. The van der Waals surface area contributed by atoms with Gasteiger partial charge in [0.2, 0.25) is 0 Å². The summed E-state index contributed by atoms with van der Waals surface area (Å²) in [6.45, 7) is 4.57. The van der Waals surface area contributed by atoms with Crippen LogP contribution in [0.4, 0.5) is 0 Å². The van der Waals surface area contributed by atoms with Crippen molar-refractivity contribution in [3.63, 3.8) is 0 Å². The fourth-order valence-corrected chi connectivity index (χ4v) is 4.72. The Bertz CT molecular complexity index is 649. The summed E-state index contributed by atoms with van der Waals surface area (Å²) in [6, 6.07) is 3.92. The number of aromatic amines is 1. The van der Waals surface area contributed by atoms with E-state index < -0.39 is 10.2 Å². The molecule has 1 N–H and O–H groups in total. The van der Waals surface area contributed by atoms with Gasteiger partial charge in [-0.3, -0.25) is 4.90 Å². The molecule has 2 fully saturated rings. The summed E-state index contributed by atoms with van der Waals surface area (Å²) in [6.07, 6.45) is 3.77. The fraction of sp³-hybridized carbons (Fsp3) is 0.643. The third kappa shape index (κ3) is 3.17. The number of nitriles is 1. The van der Waals surface area contributed by atoms with E-state index in [2.05, 4.69) is 16.0 Å². The summed E-state index contributed by atoms with van der Waals surface area (Å²) >= 11 is 0. The molecule has 2 aliphatic heterocycles. The van der Waals surface area contributed by atoms with Gasteiger partial charge in [0.15, 0.2) is 0 Å². The van der Waals surface area contributed by atoms with Crippen molar-refractivity contribution in [3.8, 4) is 6.07 Å². The minimum atomic E-state index is -3.27. The summed E-state index contributed by atoms with van der Waals surface area (Å²) in [4.78, 5) is 5.14. The van der Waals surface area contributed by atoms with Crippen LogP contribution in [0.15, 0.2) is 12.3 Å². The van der Waals surface area contributed by atoms with Gasteiger partial charge in [0.1, 0.15) is 11.8 Å². The van der Waals surface area contributed by atoms with E-state index in [4.69, 9.17) is 5.26 Å². The summed E-state index contributed by atoms with van der Waals surface area (Å²) in [7, 11) is -3.27. The molecule has 8 heteroatoms. The Kier molecular flexibility index (Phi) is 4.49. The van der Waals surface area contributed by atoms with Crippen molar-refractivity contribution in [3.05, 3.63) is 23.5 Å². The van der Waals surface area contributed by atoms with Gasteiger partial charge in [-0.1, -0.05) is 0 Å². The lowest BCUT2D eigenvalue weighted by atomic mass is 10.2. The molecular formula is C14H21N5O2S. The first-order valence-electron chi connectivity index (χ1n) is 7.64. The number of aromatic nitrogens is 1. The van der Waals surface area contributed by atoms with E-state index in [1.165, 1.54) is 0 Å². The van der Waals surface area contributed by atoms with Crippen LogP contribution < -0.4 is 0 Å². The van der Waals surface area contributed by atoms with Crippen molar-refractivity contribution < 1.29 is 8.42 Å². The molecule has 1 aromatic rings. The molecule has 1 aromatic heterocycles. The van der Waals surface area contributed by atoms with Crippen LogP contribution in [0.1, 0.15) is 24.1 Å². The van der Waals surface area contributed by atoms with Gasteiger partial charge in [-0.05, 0) is 24.5 Å². The second kappa shape index (κ2) is 6.38. The van der Waals surface area contributed by atoms with E-state index in [1.807, 2.05) is 12.3 Å². The second-order valence-electron chi connectivity index (χ2n) is 5.82. The van der Waals surface area contributed by atoms with Crippen molar-refractivity contribution in [1.29, 1.82) is 5.26 Å². The van der Waals surface area contributed by atoms with Crippen LogP contribution in [0, 0.1) is 11.3 Å². The van der Waals surface area contributed by atoms with Gasteiger partial charge in [0.25, 0.3) is 10.2 Å². The molecule has 3 rings (SSSR count). The third-order valence-corrected chi connectivity index (χ3v) is 6.35. The number of H-pyrrole nitrogens is 1. The molecule has 0 aromatic carbocycles. The van der Waals surface area contributed by atoms with Gasteiger partial charge in [0, 0.05) is 52.0 Å². The standard InChI is InChI=1S/C14H21N5O2S/c15-10-14-9-13(11-16-14)12-17-5-7-19(8-6-17)22(20,21)18-3-1-2-4-18/h9,11,16H,1-8,12H2. The lowest BCUT2D eigenvalue weighted by Crippen LogP contribution is -2.52. The molecule has 3 heterocycles. The predicted molar refractivity (Wildman–Crippen MR) is 82.1 cm³/mol. The molecule has 2 saturated heterocycles. The lowest BCUT2D eigenvalue weighted by Gasteiger charge is -2.35. The molecule has 2 aliphatic rings. The largest absolute Gasteiger partial charge is 0.353 e. The van der Waals surface area contributed by atoms with E-state index in [0.717, 1.165) is 38.0 Å². The molecular weight excluding hydrogens is 302 g/mol. The molecule has 0 saturated carbocycles. The number of nitrogens with zero attached hydrogens (tertiary/aromatic N) is 4. The first-order valence-corrected chi connectivity index (χ1v) is 9.04. The number of piperazine rings is 1. The highest BCUT2D eigenvalue weighted by molar-refractivity contribution is 7.86. The SMILES string of the molecule is N#Cc1cc(CN2CCN(S(=O)(=O)N3CCCC3)CC2)c[nH]1. The van der Waals surface area contributed by atoms with Crippen molar-refractivity contribution in [1.82, 2.24) is 18.5 Å². The van der Waals surface area contributed by atoms with Crippen molar-refractivity contribution in [2.45, 2.75) is 19.4 Å². The first kappa shape index (κ1) is 15.5. The summed E-state index contributed by atoms with van der Waals surface area (Å²) in [5, 5.41) is 8.81. The van der Waals surface area contributed by atoms with Crippen LogP contribution >= 0.6 is 0 Å². The lowest BCUT2D eigenvalue weighted by molar-refractivity contribution is 0.176. The topological polar surface area (TPSA) is 83.4 Å². The average Bonchev–Trinajstić information content (AvgIpc) is 3.19. The molecule has 0 amide bonds. The maximum Gasteiger partial charge on any atom is 0.282 e. The van der Waals surface area contributed by atoms with Crippen molar-refractivity contribution >= 4 is 10.2 Å². The Morgan fingerprint density at radius 2 is 1.73 bits per heavy atom. The van der Waals surface area contributed by atoms with E-state index in [0.29, 0.717) is 31.9 Å². The van der Waals surface area contributed by atoms with E-state index in [1.54, 1.807) is 8.61 Å². The number of nitrogens with one attached hydrogen (secondary N) is 1. The Hall–Kier alpha value is -1.40. The quantitative estimate of drug-likeness (QED) is 0.866. The summed E-state index contributed by atoms with van der Waals surface area (Å²) in [5.41, 5.74) is 1.62. The molecule has 0 atom stereocenters. The predicted octanol–water partition coefficient (Wildman–Crippen LogP) is 0.345. The van der Waals surface area contributed by atoms with Gasteiger partial charge in [-0.25, -0.2) is 0 Å². The zero-order valence-electron chi connectivity index (χ0n) is 12.5. The summed E-state index contributed by atoms with van der Waals surface area (Å²) in [5.74, 6) is 0. The molecule has 120 valence electrons. The minimum absolute atomic E-state index is 0.536. The smallest absolute Gasteiger partial charge is 0.282 e. The zero-order chi connectivity index (χ0) is 15.6. The normalized spacial score (nSPS) is 22.0. The van der Waals surface area contributed by atoms with Crippen LogP contribution in [-0.4, -0.2) is 66.2 Å². The molecule has 7 nitrogen and oxygen atoms in total. The van der Waals surface area contributed by atoms with E-state index in [-0.39, 0.29) is 0 Å². The van der Waals surface area contributed by atoms with E-state index in [9.17, 15) is 8.42 Å². The number of hydrogen-bond acceptors (Lipinski definition) is 4. The Balaban J connectivity index is 1.55. The number of hydrogen-bond donors (Lipinski definition) is 1. The van der Waals surface area contributed by atoms with Crippen molar-refractivity contribution in [2.75, 3.05) is 39.3 Å². The monoisotopic (exact) mass is 323 g/mol. The van der Waals surface area contributed by atoms with Crippen LogP contribution in [0.3, 0.4) is 0 Å². The minimum Gasteiger partial charge on any atom is -0.353 e. The second-order valence-corrected chi connectivity index (χ2v) is 7.75. The van der Waals surface area contributed by atoms with Crippen molar-refractivity contribution in [2.24, 2.45) is 0 Å². The molecule has 0 aliphatic carbocycles. The highest BCUT2D eigenvalue weighted by Gasteiger charge is 2.33. The van der Waals surface area contributed by atoms with Gasteiger partial charge in [0.05, 0.1) is 0 Å². The Morgan fingerprint density at radius 3 is 2.32 bits per heavy atom. The van der Waals surface area contributed by atoms with Crippen LogP contribution in [-0.2, 0) is 16.8 Å². The summed E-state index contributed by atoms with van der Waals surface area (Å²) < 4.78 is 28.2. The fourth-order valence-electron chi connectivity index (χ4n) is 3.05. The van der Waals surface area contributed by atoms with Gasteiger partial charge in [-0.2, -0.15) is 22.3 Å². The van der Waals surface area contributed by atoms with E-state index >= 15 is 0 Å². The Morgan fingerprint density at radius 1 is 1.09 bits per heavy atom. The first-order chi connectivity index (χ1) is 10.6. The average molecular weight is 323 g/mol. The number of rotatable bonds is 4. The van der Waals surface area contributed by atoms with Gasteiger partial charge in [-0.15, -0.1) is 0 Å². The molecule has 22 heavy (non-hydrogen) atoms. The zero-order valence-corrected chi connectivity index (χ0v) is 13.3. The van der Waals surface area contributed by atoms with Crippen LogP contribution in [0.5, 0.6) is 0 Å². The molecule has 0 radical (unpaired) electrons.